The monoisotopic (exact) mass is 434 g/mol. The zero-order chi connectivity index (χ0) is 21.6. The van der Waals surface area contributed by atoms with Crippen LogP contribution in [0.1, 0.15) is 50.6 Å². The van der Waals surface area contributed by atoms with E-state index in [0.717, 1.165) is 69.6 Å². The first-order valence-electron chi connectivity index (χ1n) is 10.7. The topological polar surface area (TPSA) is 98.7 Å². The number of carbonyl (C=O) groups is 1. The van der Waals surface area contributed by atoms with Crippen LogP contribution in [0.3, 0.4) is 0 Å². The Labute approximate surface area is 184 Å². The Morgan fingerprint density at radius 3 is 2.87 bits per heavy atom. The van der Waals surface area contributed by atoms with E-state index in [0.29, 0.717) is 0 Å². The SMILES string of the molecule is C[C@H](NC(=O)C1(N)CCCCC1)c1cccc(-c2nc3c(ncc4ncn(C)c43)s2)c1. The van der Waals surface area contributed by atoms with E-state index in [4.69, 9.17) is 10.7 Å². The van der Waals surface area contributed by atoms with Crippen LogP contribution in [0.4, 0.5) is 0 Å². The van der Waals surface area contributed by atoms with Crippen LogP contribution >= 0.6 is 11.3 Å². The Morgan fingerprint density at radius 1 is 1.26 bits per heavy atom. The van der Waals surface area contributed by atoms with E-state index >= 15 is 0 Å². The summed E-state index contributed by atoms with van der Waals surface area (Å²) in [6.45, 7) is 2.00. The summed E-state index contributed by atoms with van der Waals surface area (Å²) in [6.07, 6.45) is 8.28. The number of nitrogens with two attached hydrogens (primary N) is 1. The van der Waals surface area contributed by atoms with Gasteiger partial charge in [-0.3, -0.25) is 4.79 Å². The fourth-order valence-corrected chi connectivity index (χ4v) is 5.31. The average molecular weight is 435 g/mol. The van der Waals surface area contributed by atoms with Gasteiger partial charge in [0.2, 0.25) is 5.91 Å². The molecule has 1 atom stereocenters. The number of nitrogens with one attached hydrogen (secondary N) is 1. The zero-order valence-corrected chi connectivity index (χ0v) is 18.6. The molecule has 8 heteroatoms. The molecule has 3 aromatic heterocycles. The molecule has 3 heterocycles. The number of rotatable bonds is 4. The van der Waals surface area contributed by atoms with Gasteiger partial charge in [0, 0.05) is 12.6 Å². The number of pyridine rings is 1. The van der Waals surface area contributed by atoms with Gasteiger partial charge in [0.05, 0.1) is 29.6 Å². The van der Waals surface area contributed by atoms with E-state index in [2.05, 4.69) is 21.4 Å². The van der Waals surface area contributed by atoms with Crippen LogP contribution in [0, 0.1) is 0 Å². The van der Waals surface area contributed by atoms with E-state index in [-0.39, 0.29) is 11.9 Å². The van der Waals surface area contributed by atoms with E-state index in [9.17, 15) is 4.79 Å². The molecule has 3 N–H and O–H groups in total. The largest absolute Gasteiger partial charge is 0.348 e. The molecule has 31 heavy (non-hydrogen) atoms. The number of hydrogen-bond donors (Lipinski definition) is 2. The number of nitrogens with zero attached hydrogens (tertiary/aromatic N) is 4. The van der Waals surface area contributed by atoms with Crippen molar-refractivity contribution in [1.29, 1.82) is 0 Å². The molecule has 0 unspecified atom stereocenters. The predicted octanol–water partition coefficient (Wildman–Crippen LogP) is 4.08. The number of hydrogen-bond acceptors (Lipinski definition) is 6. The van der Waals surface area contributed by atoms with Crippen molar-refractivity contribution in [3.63, 3.8) is 0 Å². The van der Waals surface area contributed by atoms with E-state index in [1.807, 2.05) is 36.7 Å². The molecule has 160 valence electrons. The fraction of sp³-hybridized carbons (Fsp3) is 0.391. The van der Waals surface area contributed by atoms with E-state index < -0.39 is 5.54 Å². The normalized spacial score (nSPS) is 17.1. The third-order valence-corrected chi connectivity index (χ3v) is 7.29. The summed E-state index contributed by atoms with van der Waals surface area (Å²) in [5.74, 6) is -0.0482. The van der Waals surface area contributed by atoms with Gasteiger partial charge >= 0.3 is 0 Å². The highest BCUT2D eigenvalue weighted by molar-refractivity contribution is 7.21. The second-order valence-electron chi connectivity index (χ2n) is 8.56. The third-order valence-electron chi connectivity index (χ3n) is 6.28. The first kappa shape index (κ1) is 20.1. The minimum atomic E-state index is -0.739. The maximum Gasteiger partial charge on any atom is 0.240 e. The molecule has 0 spiro atoms. The summed E-state index contributed by atoms with van der Waals surface area (Å²) in [7, 11) is 1.97. The molecule has 1 aliphatic rings. The molecule has 1 fully saturated rings. The first-order chi connectivity index (χ1) is 14.9. The van der Waals surface area contributed by atoms with Gasteiger partial charge in [0.1, 0.15) is 20.9 Å². The highest BCUT2D eigenvalue weighted by atomic mass is 32.1. The number of thiazole rings is 1. The van der Waals surface area contributed by atoms with Crippen molar-refractivity contribution >= 4 is 38.6 Å². The smallest absolute Gasteiger partial charge is 0.240 e. The van der Waals surface area contributed by atoms with Crippen molar-refractivity contribution in [3.8, 4) is 10.6 Å². The molecular weight excluding hydrogens is 408 g/mol. The second kappa shape index (κ2) is 7.69. The summed E-state index contributed by atoms with van der Waals surface area (Å²) in [6, 6.07) is 8.04. The molecule has 0 radical (unpaired) electrons. The summed E-state index contributed by atoms with van der Waals surface area (Å²) in [5.41, 5.74) is 10.4. The number of fused-ring (bicyclic) bond motifs is 3. The average Bonchev–Trinajstić information content (AvgIpc) is 3.37. The number of aromatic nitrogens is 4. The first-order valence-corrected chi connectivity index (χ1v) is 11.5. The molecule has 5 rings (SSSR count). The van der Waals surface area contributed by atoms with Gasteiger partial charge in [0.25, 0.3) is 0 Å². The van der Waals surface area contributed by atoms with Gasteiger partial charge in [-0.15, -0.1) is 0 Å². The number of amides is 1. The van der Waals surface area contributed by atoms with Crippen molar-refractivity contribution in [2.24, 2.45) is 12.8 Å². The molecule has 0 aliphatic heterocycles. The lowest BCUT2D eigenvalue weighted by Crippen LogP contribution is -2.55. The highest BCUT2D eigenvalue weighted by Crippen LogP contribution is 2.33. The van der Waals surface area contributed by atoms with E-state index in [1.54, 1.807) is 23.9 Å². The van der Waals surface area contributed by atoms with Crippen molar-refractivity contribution in [2.45, 2.75) is 50.6 Å². The Morgan fingerprint density at radius 2 is 2.06 bits per heavy atom. The maximum absolute atomic E-state index is 12.8. The molecule has 0 saturated heterocycles. The lowest BCUT2D eigenvalue weighted by Gasteiger charge is -2.33. The molecule has 1 amide bonds. The van der Waals surface area contributed by atoms with Crippen molar-refractivity contribution in [2.75, 3.05) is 0 Å². The predicted molar refractivity (Wildman–Crippen MR) is 124 cm³/mol. The van der Waals surface area contributed by atoms with Crippen LogP contribution in [0.25, 0.3) is 32.0 Å². The van der Waals surface area contributed by atoms with Crippen molar-refractivity contribution in [1.82, 2.24) is 24.8 Å². The Bertz CT molecular complexity index is 1270. The summed E-state index contributed by atoms with van der Waals surface area (Å²) in [4.78, 5) is 27.5. The molecular formula is C23H26N6OS. The standard InChI is InChI=1S/C23H26N6OS/c1-14(27-22(30)23(24)9-4-3-5-10-23)15-7-6-8-16(11-15)20-28-18-19-17(26-13-29(19)2)12-25-21(18)31-20/h6-8,11-14H,3-5,9-10,24H2,1-2H3,(H,27,30)/t14-/m0/s1. The summed E-state index contributed by atoms with van der Waals surface area (Å²) >= 11 is 1.56. The van der Waals surface area contributed by atoms with Gasteiger partial charge in [-0.25, -0.2) is 15.0 Å². The minimum absolute atomic E-state index is 0.0482. The molecule has 1 saturated carbocycles. The van der Waals surface area contributed by atoms with Gasteiger partial charge in [0.15, 0.2) is 0 Å². The van der Waals surface area contributed by atoms with Gasteiger partial charge in [-0.05, 0) is 31.4 Å². The second-order valence-corrected chi connectivity index (χ2v) is 9.54. The maximum atomic E-state index is 12.8. The Balaban J connectivity index is 1.43. The molecule has 4 aromatic rings. The van der Waals surface area contributed by atoms with Crippen LogP contribution in [-0.2, 0) is 11.8 Å². The zero-order valence-electron chi connectivity index (χ0n) is 17.8. The molecule has 1 aromatic carbocycles. The fourth-order valence-electron chi connectivity index (χ4n) is 4.40. The lowest BCUT2D eigenvalue weighted by atomic mass is 9.81. The number of aryl methyl sites for hydroxylation is 1. The number of benzene rings is 1. The summed E-state index contributed by atoms with van der Waals surface area (Å²) < 4.78 is 1.98. The van der Waals surface area contributed by atoms with Gasteiger partial charge in [-0.1, -0.05) is 48.8 Å². The van der Waals surface area contributed by atoms with Crippen LogP contribution in [0.5, 0.6) is 0 Å². The number of imidazole rings is 1. The van der Waals surface area contributed by atoms with Crippen LogP contribution in [0.15, 0.2) is 36.8 Å². The van der Waals surface area contributed by atoms with E-state index in [1.165, 1.54) is 0 Å². The van der Waals surface area contributed by atoms with Crippen LogP contribution in [0.2, 0.25) is 0 Å². The van der Waals surface area contributed by atoms with Gasteiger partial charge < -0.3 is 15.6 Å². The Kier molecular flexibility index (Phi) is 4.98. The van der Waals surface area contributed by atoms with Crippen molar-refractivity contribution in [3.05, 3.63) is 42.4 Å². The van der Waals surface area contributed by atoms with Crippen LogP contribution in [-0.4, -0.2) is 31.0 Å². The Hall–Kier alpha value is -2.84. The summed E-state index contributed by atoms with van der Waals surface area (Å²) in [5, 5.41) is 4.04. The minimum Gasteiger partial charge on any atom is -0.348 e. The third kappa shape index (κ3) is 3.59. The number of carbonyl (C=O) groups excluding carboxylic acids is 1. The molecule has 0 bridgehead atoms. The van der Waals surface area contributed by atoms with Gasteiger partial charge in [-0.2, -0.15) is 0 Å². The molecule has 1 aliphatic carbocycles. The van der Waals surface area contributed by atoms with Crippen LogP contribution < -0.4 is 11.1 Å². The molecule has 7 nitrogen and oxygen atoms in total. The highest BCUT2D eigenvalue weighted by Gasteiger charge is 2.35. The quantitative estimate of drug-likeness (QED) is 0.504. The lowest BCUT2D eigenvalue weighted by molar-refractivity contribution is -0.128. The van der Waals surface area contributed by atoms with Crippen molar-refractivity contribution < 1.29 is 4.79 Å².